The third kappa shape index (κ3) is 4.12. The molecule has 0 bridgehead atoms. The number of halogens is 1. The fourth-order valence-electron chi connectivity index (χ4n) is 2.64. The lowest BCUT2D eigenvalue weighted by Crippen LogP contribution is -2.31. The van der Waals surface area contributed by atoms with Crippen molar-refractivity contribution >= 4 is 11.9 Å². The summed E-state index contributed by atoms with van der Waals surface area (Å²) >= 11 is 0. The van der Waals surface area contributed by atoms with Crippen LogP contribution in [0.25, 0.3) is 5.69 Å². The molecule has 3 N–H and O–H groups in total. The van der Waals surface area contributed by atoms with Gasteiger partial charge in [-0.05, 0) is 18.2 Å². The topological polar surface area (TPSA) is 104 Å². The molecule has 0 saturated heterocycles. The van der Waals surface area contributed by atoms with Gasteiger partial charge in [-0.15, -0.1) is 0 Å². The molecule has 0 spiro atoms. The monoisotopic (exact) mass is 369 g/mol. The number of carbonyl (C=O) groups excluding carboxylic acids is 1. The van der Waals surface area contributed by atoms with Crippen LogP contribution in [0.15, 0.2) is 60.7 Å². The van der Waals surface area contributed by atoms with Crippen LogP contribution in [-0.2, 0) is 4.79 Å². The number of hydrogen-bond donors (Lipinski definition) is 3. The average Bonchev–Trinajstić information content (AvgIpc) is 3.04. The number of carboxylic acid groups (broad SMARTS) is 1. The third-order valence-corrected chi connectivity index (χ3v) is 3.89. The Bertz CT molecular complexity index is 972. The molecule has 0 aliphatic rings. The summed E-state index contributed by atoms with van der Waals surface area (Å²) in [7, 11) is 0. The first-order chi connectivity index (χ1) is 13.0. The highest BCUT2D eigenvalue weighted by Crippen LogP contribution is 2.22. The number of aliphatic carboxylic acids is 1. The van der Waals surface area contributed by atoms with Gasteiger partial charge in [0, 0.05) is 11.6 Å². The Labute approximate surface area is 153 Å². The summed E-state index contributed by atoms with van der Waals surface area (Å²) < 4.78 is 15.2. The first kappa shape index (κ1) is 18.1. The number of amides is 1. The van der Waals surface area contributed by atoms with E-state index in [1.807, 2.05) is 0 Å². The number of rotatable bonds is 6. The molecule has 2 aromatic carbocycles. The van der Waals surface area contributed by atoms with Crippen LogP contribution in [0, 0.1) is 5.82 Å². The second kappa shape index (κ2) is 7.69. The molecule has 0 aliphatic carbocycles. The molecule has 0 radical (unpaired) electrons. The van der Waals surface area contributed by atoms with E-state index in [1.165, 1.54) is 22.9 Å². The smallest absolute Gasteiger partial charge is 0.305 e. The molecule has 8 heteroatoms. The summed E-state index contributed by atoms with van der Waals surface area (Å²) in [5.74, 6) is -2.80. The number of nitrogens with zero attached hydrogens (tertiary/aromatic N) is 2. The first-order valence-corrected chi connectivity index (χ1v) is 8.07. The van der Waals surface area contributed by atoms with Gasteiger partial charge in [0.1, 0.15) is 5.82 Å². The fraction of sp³-hybridized carbons (Fsp3) is 0.105. The largest absolute Gasteiger partial charge is 0.493 e. The lowest BCUT2D eigenvalue weighted by molar-refractivity contribution is -0.137. The van der Waals surface area contributed by atoms with Gasteiger partial charge in [-0.2, -0.15) is 5.10 Å². The van der Waals surface area contributed by atoms with Crippen LogP contribution in [0.2, 0.25) is 0 Å². The van der Waals surface area contributed by atoms with Crippen molar-refractivity contribution in [3.8, 4) is 11.6 Å². The van der Waals surface area contributed by atoms with Crippen LogP contribution < -0.4 is 5.32 Å². The minimum absolute atomic E-state index is 0.0555. The van der Waals surface area contributed by atoms with E-state index in [4.69, 9.17) is 5.11 Å². The van der Waals surface area contributed by atoms with E-state index in [-0.39, 0.29) is 17.1 Å². The Kier molecular flexibility index (Phi) is 5.16. The molecule has 1 atom stereocenters. The van der Waals surface area contributed by atoms with Crippen molar-refractivity contribution < 1.29 is 24.2 Å². The number of nitrogens with one attached hydrogen (secondary N) is 1. The number of hydrogen-bond acceptors (Lipinski definition) is 4. The number of aromatic hydroxyl groups is 1. The van der Waals surface area contributed by atoms with Gasteiger partial charge in [0.15, 0.2) is 5.69 Å². The standard InChI is InChI=1S/C19H16FN3O4/c20-14-9-5-4-8-13(14)15(11-18(25)26)21-19(27)16-10-17(24)23(22-16)12-6-2-1-3-7-12/h1-10,15,24H,11H2,(H,21,27)(H,25,26)/t15-/m0/s1. The van der Waals surface area contributed by atoms with E-state index < -0.39 is 30.2 Å². The molecule has 0 aliphatic heterocycles. The third-order valence-electron chi connectivity index (χ3n) is 3.89. The Morgan fingerprint density at radius 2 is 1.78 bits per heavy atom. The molecule has 0 fully saturated rings. The zero-order chi connectivity index (χ0) is 19.4. The Morgan fingerprint density at radius 3 is 2.44 bits per heavy atom. The van der Waals surface area contributed by atoms with E-state index >= 15 is 0 Å². The van der Waals surface area contributed by atoms with Gasteiger partial charge >= 0.3 is 5.97 Å². The van der Waals surface area contributed by atoms with Crippen molar-refractivity contribution in [3.05, 3.63) is 77.7 Å². The van der Waals surface area contributed by atoms with E-state index in [1.54, 1.807) is 36.4 Å². The average molecular weight is 369 g/mol. The minimum Gasteiger partial charge on any atom is -0.493 e. The molecule has 3 aromatic rings. The Morgan fingerprint density at radius 1 is 1.11 bits per heavy atom. The molecule has 138 valence electrons. The van der Waals surface area contributed by atoms with Gasteiger partial charge in [-0.1, -0.05) is 36.4 Å². The Hall–Kier alpha value is -3.68. The molecule has 1 amide bonds. The molecule has 0 unspecified atom stereocenters. The summed E-state index contributed by atoms with van der Waals surface area (Å²) in [4.78, 5) is 23.6. The molecule has 1 heterocycles. The fourth-order valence-corrected chi connectivity index (χ4v) is 2.64. The lowest BCUT2D eigenvalue weighted by atomic mass is 10.0. The van der Waals surface area contributed by atoms with Gasteiger partial charge in [0.2, 0.25) is 5.88 Å². The van der Waals surface area contributed by atoms with Crippen LogP contribution in [0.3, 0.4) is 0 Å². The van der Waals surface area contributed by atoms with Crippen LogP contribution in [0.5, 0.6) is 5.88 Å². The first-order valence-electron chi connectivity index (χ1n) is 8.07. The summed E-state index contributed by atoms with van der Waals surface area (Å²) in [6.07, 6.45) is -0.502. The zero-order valence-corrected chi connectivity index (χ0v) is 14.0. The van der Waals surface area contributed by atoms with E-state index in [2.05, 4.69) is 10.4 Å². The summed E-state index contributed by atoms with van der Waals surface area (Å²) in [6, 6.07) is 14.4. The maximum absolute atomic E-state index is 14.0. The van der Waals surface area contributed by atoms with Gasteiger partial charge in [-0.25, -0.2) is 9.07 Å². The van der Waals surface area contributed by atoms with Gasteiger partial charge in [0.25, 0.3) is 5.91 Å². The normalized spacial score (nSPS) is 11.7. The van der Waals surface area contributed by atoms with Gasteiger partial charge in [0.05, 0.1) is 18.2 Å². The number of carbonyl (C=O) groups is 2. The molecule has 7 nitrogen and oxygen atoms in total. The van der Waals surface area contributed by atoms with Crippen LogP contribution in [-0.4, -0.2) is 31.9 Å². The number of carboxylic acids is 1. The molecule has 3 rings (SSSR count). The van der Waals surface area contributed by atoms with Crippen molar-refractivity contribution in [1.82, 2.24) is 15.1 Å². The highest BCUT2D eigenvalue weighted by molar-refractivity contribution is 5.93. The van der Waals surface area contributed by atoms with E-state index in [0.717, 1.165) is 6.07 Å². The van der Waals surface area contributed by atoms with Crippen molar-refractivity contribution in [3.63, 3.8) is 0 Å². The minimum atomic E-state index is -1.19. The second-order valence-corrected chi connectivity index (χ2v) is 5.78. The predicted octanol–water partition coefficient (Wildman–Crippen LogP) is 2.66. The van der Waals surface area contributed by atoms with Crippen molar-refractivity contribution in [2.45, 2.75) is 12.5 Å². The maximum atomic E-state index is 14.0. The predicted molar refractivity (Wildman–Crippen MR) is 94.1 cm³/mol. The molecule has 1 aromatic heterocycles. The summed E-state index contributed by atoms with van der Waals surface area (Å²) in [5, 5.41) is 25.6. The summed E-state index contributed by atoms with van der Waals surface area (Å²) in [6.45, 7) is 0. The van der Waals surface area contributed by atoms with Crippen LogP contribution in [0.1, 0.15) is 28.5 Å². The van der Waals surface area contributed by atoms with E-state index in [0.29, 0.717) is 5.69 Å². The molecular formula is C19H16FN3O4. The Balaban J connectivity index is 1.86. The van der Waals surface area contributed by atoms with Gasteiger partial charge < -0.3 is 15.5 Å². The summed E-state index contributed by atoms with van der Waals surface area (Å²) in [5.41, 5.74) is 0.480. The number of aromatic nitrogens is 2. The second-order valence-electron chi connectivity index (χ2n) is 5.78. The van der Waals surface area contributed by atoms with E-state index in [9.17, 15) is 19.1 Å². The molecular weight excluding hydrogens is 353 g/mol. The highest BCUT2D eigenvalue weighted by atomic mass is 19.1. The number of para-hydroxylation sites is 1. The lowest BCUT2D eigenvalue weighted by Gasteiger charge is -2.17. The zero-order valence-electron chi connectivity index (χ0n) is 14.0. The van der Waals surface area contributed by atoms with Crippen molar-refractivity contribution in [1.29, 1.82) is 0 Å². The SMILES string of the molecule is O=C(O)C[C@H](NC(=O)c1cc(O)n(-c2ccccc2)n1)c1ccccc1F. The molecule has 27 heavy (non-hydrogen) atoms. The van der Waals surface area contributed by atoms with Crippen molar-refractivity contribution in [2.75, 3.05) is 0 Å². The maximum Gasteiger partial charge on any atom is 0.305 e. The number of benzene rings is 2. The van der Waals surface area contributed by atoms with Crippen LogP contribution >= 0.6 is 0 Å². The van der Waals surface area contributed by atoms with Crippen molar-refractivity contribution in [2.24, 2.45) is 0 Å². The highest BCUT2D eigenvalue weighted by Gasteiger charge is 2.23. The molecule has 0 saturated carbocycles. The van der Waals surface area contributed by atoms with Crippen LogP contribution in [0.4, 0.5) is 4.39 Å². The van der Waals surface area contributed by atoms with Gasteiger partial charge in [-0.3, -0.25) is 9.59 Å². The quantitative estimate of drug-likeness (QED) is 0.620.